The third kappa shape index (κ3) is 4.63. The van der Waals surface area contributed by atoms with Gasteiger partial charge in [-0.2, -0.15) is 0 Å². The molecule has 3 aromatic rings. The molecule has 0 spiro atoms. The summed E-state index contributed by atoms with van der Waals surface area (Å²) in [5, 5.41) is 3.35. The Hall–Kier alpha value is -2.58. The Bertz CT molecular complexity index is 980. The summed E-state index contributed by atoms with van der Waals surface area (Å²) in [6.07, 6.45) is 1.61. The van der Waals surface area contributed by atoms with E-state index in [0.717, 1.165) is 21.7 Å². The summed E-state index contributed by atoms with van der Waals surface area (Å²) in [6.45, 7) is 3.75. The summed E-state index contributed by atoms with van der Waals surface area (Å²) in [4.78, 5) is 29.7. The van der Waals surface area contributed by atoms with Crippen LogP contribution in [0, 0.1) is 13.8 Å². The zero-order valence-corrected chi connectivity index (χ0v) is 17.4. The van der Waals surface area contributed by atoms with Crippen molar-refractivity contribution in [3.8, 4) is 11.5 Å². The van der Waals surface area contributed by atoms with E-state index in [1.165, 1.54) is 30.2 Å². The average Bonchev–Trinajstić information content (AvgIpc) is 3.27. The number of carbonyl (C=O) groups excluding carboxylic acids is 2. The minimum absolute atomic E-state index is 0.178. The van der Waals surface area contributed by atoms with Gasteiger partial charge in [0.1, 0.15) is 11.3 Å². The van der Waals surface area contributed by atoms with E-state index in [1.54, 1.807) is 6.26 Å². The highest BCUT2D eigenvalue weighted by Crippen LogP contribution is 2.33. The Morgan fingerprint density at radius 1 is 1.25 bits per heavy atom. The van der Waals surface area contributed by atoms with Crippen LogP contribution in [0.15, 0.2) is 41.0 Å². The summed E-state index contributed by atoms with van der Waals surface area (Å²) in [6, 6.07) is 9.65. The van der Waals surface area contributed by atoms with Gasteiger partial charge in [-0.3, -0.25) is 4.79 Å². The third-order valence-electron chi connectivity index (χ3n) is 4.08. The second kappa shape index (κ2) is 9.07. The number of ether oxygens (including phenoxy) is 1. The number of benzene rings is 1. The molecule has 2 heterocycles. The fourth-order valence-corrected chi connectivity index (χ4v) is 4.33. The molecule has 0 aliphatic rings. The molecule has 8 heteroatoms. The van der Waals surface area contributed by atoms with Gasteiger partial charge in [0, 0.05) is 16.2 Å². The number of oxazole rings is 1. The molecule has 2 aromatic heterocycles. The molecular formula is C20H20N2O4S2. The molecule has 0 unspecified atom stereocenters. The largest absolute Gasteiger partial charge is 0.465 e. The van der Waals surface area contributed by atoms with Gasteiger partial charge in [-0.25, -0.2) is 9.78 Å². The van der Waals surface area contributed by atoms with E-state index in [1.807, 2.05) is 44.2 Å². The minimum atomic E-state index is -0.444. The molecule has 0 saturated heterocycles. The fraction of sp³-hybridized carbons (Fsp3) is 0.250. The number of aryl methyl sites for hydroxylation is 1. The van der Waals surface area contributed by atoms with Gasteiger partial charge in [0.15, 0.2) is 0 Å². The maximum Gasteiger partial charge on any atom is 0.341 e. The number of aromatic nitrogens is 1. The van der Waals surface area contributed by atoms with Crippen LogP contribution in [0.4, 0.5) is 5.00 Å². The third-order valence-corrected chi connectivity index (χ3v) is 6.17. The molecular weight excluding hydrogens is 396 g/mol. The number of hydrogen-bond acceptors (Lipinski definition) is 7. The second-order valence-corrected chi connectivity index (χ2v) is 8.24. The van der Waals surface area contributed by atoms with Crippen molar-refractivity contribution in [2.75, 3.05) is 18.2 Å². The Labute approximate surface area is 171 Å². The molecule has 0 saturated carbocycles. The van der Waals surface area contributed by atoms with Crippen molar-refractivity contribution in [2.24, 2.45) is 0 Å². The van der Waals surface area contributed by atoms with Crippen LogP contribution in [-0.4, -0.2) is 29.7 Å². The van der Waals surface area contributed by atoms with Crippen molar-refractivity contribution < 1.29 is 18.7 Å². The van der Waals surface area contributed by atoms with Gasteiger partial charge in [-0.15, -0.1) is 23.1 Å². The first kappa shape index (κ1) is 20.2. The number of hydrogen-bond donors (Lipinski definition) is 1. The molecule has 3 rings (SSSR count). The highest BCUT2D eigenvalue weighted by atomic mass is 32.2. The first-order valence-corrected chi connectivity index (χ1v) is 10.5. The monoisotopic (exact) mass is 416 g/mol. The lowest BCUT2D eigenvalue weighted by Gasteiger charge is -2.05. The van der Waals surface area contributed by atoms with E-state index in [9.17, 15) is 9.59 Å². The molecule has 0 aliphatic carbocycles. The molecule has 1 N–H and O–H groups in total. The quantitative estimate of drug-likeness (QED) is 0.563. The van der Waals surface area contributed by atoms with E-state index in [0.29, 0.717) is 22.2 Å². The lowest BCUT2D eigenvalue weighted by molar-refractivity contribution is -0.113. The normalized spacial score (nSPS) is 10.7. The molecule has 146 valence electrons. The number of rotatable bonds is 7. The summed E-state index contributed by atoms with van der Waals surface area (Å²) in [7, 11) is 1.33. The molecule has 1 aromatic carbocycles. The predicted molar refractivity (Wildman–Crippen MR) is 112 cm³/mol. The molecule has 1 amide bonds. The number of amides is 1. The Kier molecular flexibility index (Phi) is 6.53. The van der Waals surface area contributed by atoms with Crippen LogP contribution in [0.5, 0.6) is 0 Å². The number of nitrogens with one attached hydrogen (secondary N) is 1. The first-order valence-electron chi connectivity index (χ1n) is 8.55. The molecule has 0 aliphatic heterocycles. The molecule has 0 bridgehead atoms. The Morgan fingerprint density at radius 2 is 2.00 bits per heavy atom. The summed E-state index contributed by atoms with van der Waals surface area (Å²) in [5.74, 6) is 0.734. The maximum absolute atomic E-state index is 12.3. The van der Waals surface area contributed by atoms with Gasteiger partial charge >= 0.3 is 5.97 Å². The molecule has 6 nitrogen and oxygen atoms in total. The Morgan fingerprint density at radius 3 is 2.71 bits per heavy atom. The fourth-order valence-electron chi connectivity index (χ4n) is 2.56. The molecule has 0 radical (unpaired) electrons. The van der Waals surface area contributed by atoms with Crippen LogP contribution in [0.3, 0.4) is 0 Å². The maximum atomic E-state index is 12.3. The highest BCUT2D eigenvalue weighted by molar-refractivity contribution is 7.99. The van der Waals surface area contributed by atoms with E-state index >= 15 is 0 Å². The molecule has 0 fully saturated rings. The van der Waals surface area contributed by atoms with Crippen LogP contribution < -0.4 is 5.32 Å². The van der Waals surface area contributed by atoms with Crippen LogP contribution in [-0.2, 0) is 15.3 Å². The number of esters is 1. The molecule has 28 heavy (non-hydrogen) atoms. The summed E-state index contributed by atoms with van der Waals surface area (Å²) >= 11 is 2.80. The zero-order chi connectivity index (χ0) is 20.1. The number of carbonyl (C=O) groups is 2. The zero-order valence-electron chi connectivity index (χ0n) is 15.8. The minimum Gasteiger partial charge on any atom is -0.465 e. The topological polar surface area (TPSA) is 81.4 Å². The van der Waals surface area contributed by atoms with Gasteiger partial charge in [0.05, 0.1) is 24.1 Å². The summed E-state index contributed by atoms with van der Waals surface area (Å²) in [5.41, 5.74) is 2.94. The van der Waals surface area contributed by atoms with E-state index in [2.05, 4.69) is 10.3 Å². The molecule has 0 atom stereocenters. The van der Waals surface area contributed by atoms with E-state index < -0.39 is 5.97 Å². The van der Waals surface area contributed by atoms with Crippen molar-refractivity contribution >= 4 is 40.0 Å². The van der Waals surface area contributed by atoms with Crippen molar-refractivity contribution in [2.45, 2.75) is 19.6 Å². The van der Waals surface area contributed by atoms with Gasteiger partial charge < -0.3 is 14.5 Å². The number of thioether (sulfide) groups is 1. The number of nitrogens with zero attached hydrogens (tertiary/aromatic N) is 1. The number of anilines is 1. The first-order chi connectivity index (χ1) is 13.5. The number of methoxy groups -OCH3 is 1. The lowest BCUT2D eigenvalue weighted by atomic mass is 10.1. The highest BCUT2D eigenvalue weighted by Gasteiger charge is 2.21. The van der Waals surface area contributed by atoms with Crippen molar-refractivity contribution in [3.63, 3.8) is 0 Å². The van der Waals surface area contributed by atoms with E-state index in [-0.39, 0.29) is 11.7 Å². The van der Waals surface area contributed by atoms with Crippen LogP contribution in [0.2, 0.25) is 0 Å². The van der Waals surface area contributed by atoms with Crippen molar-refractivity contribution in [3.05, 3.63) is 58.3 Å². The van der Waals surface area contributed by atoms with E-state index in [4.69, 9.17) is 9.15 Å². The van der Waals surface area contributed by atoms with Gasteiger partial charge in [-0.05, 0) is 31.5 Å². The number of thiophene rings is 1. The predicted octanol–water partition coefficient (Wildman–Crippen LogP) is 4.68. The van der Waals surface area contributed by atoms with Crippen molar-refractivity contribution in [1.29, 1.82) is 0 Å². The van der Waals surface area contributed by atoms with Crippen LogP contribution in [0.25, 0.3) is 11.5 Å². The van der Waals surface area contributed by atoms with Crippen LogP contribution >= 0.6 is 23.1 Å². The lowest BCUT2D eigenvalue weighted by Crippen LogP contribution is -2.16. The Balaban J connectivity index is 1.55. The van der Waals surface area contributed by atoms with Gasteiger partial charge in [-0.1, -0.05) is 18.2 Å². The summed E-state index contributed by atoms with van der Waals surface area (Å²) < 4.78 is 10.3. The van der Waals surface area contributed by atoms with Gasteiger partial charge in [0.25, 0.3) is 0 Å². The van der Waals surface area contributed by atoms with Crippen molar-refractivity contribution in [1.82, 2.24) is 4.98 Å². The smallest absolute Gasteiger partial charge is 0.341 e. The average molecular weight is 417 g/mol. The van der Waals surface area contributed by atoms with Crippen LogP contribution in [0.1, 0.15) is 26.5 Å². The standard InChI is InChI=1S/C20H20N2O4S2/c1-12-13(2)28-19(17(12)20(24)25-3)22-16(23)11-27-10-15-9-26-18(21-15)14-7-5-4-6-8-14/h4-9H,10-11H2,1-3H3,(H,22,23). The SMILES string of the molecule is COC(=O)c1c(NC(=O)CSCc2coc(-c3ccccc3)n2)sc(C)c1C. The van der Waals surface area contributed by atoms with Gasteiger partial charge in [0.2, 0.25) is 11.8 Å². The second-order valence-electron chi connectivity index (χ2n) is 6.03.